The molecule has 5 heteroatoms. The van der Waals surface area contributed by atoms with Crippen molar-refractivity contribution < 1.29 is 14.7 Å². The van der Waals surface area contributed by atoms with Crippen LogP contribution in [0.25, 0.3) is 6.08 Å². The van der Waals surface area contributed by atoms with E-state index in [4.69, 9.17) is 5.11 Å². The number of likely N-dealkylation sites (tertiary alicyclic amines) is 1. The highest BCUT2D eigenvalue weighted by Gasteiger charge is 2.25. The molecule has 0 spiro atoms. The maximum Gasteiger partial charge on any atom is 0.328 e. The van der Waals surface area contributed by atoms with E-state index in [0.717, 1.165) is 36.9 Å². The van der Waals surface area contributed by atoms with E-state index in [2.05, 4.69) is 13.8 Å². The van der Waals surface area contributed by atoms with Crippen LogP contribution in [0, 0.1) is 11.8 Å². The second kappa shape index (κ2) is 6.89. The highest BCUT2D eigenvalue weighted by molar-refractivity contribution is 7.11. The van der Waals surface area contributed by atoms with Gasteiger partial charge in [-0.2, -0.15) is 0 Å². The van der Waals surface area contributed by atoms with Crippen molar-refractivity contribution in [3.8, 4) is 0 Å². The molecular formula is C16H21NO3S. The van der Waals surface area contributed by atoms with Gasteiger partial charge in [-0.15, -0.1) is 11.3 Å². The summed E-state index contributed by atoms with van der Waals surface area (Å²) in [5.41, 5.74) is 0.660. The first-order valence-electron chi connectivity index (χ1n) is 7.26. The molecule has 0 saturated carbocycles. The van der Waals surface area contributed by atoms with Crippen LogP contribution in [0.4, 0.5) is 0 Å². The second-order valence-corrected chi connectivity index (χ2v) is 6.73. The van der Waals surface area contributed by atoms with E-state index >= 15 is 0 Å². The van der Waals surface area contributed by atoms with Crippen LogP contribution in [-0.2, 0) is 4.79 Å². The monoisotopic (exact) mass is 307 g/mol. The van der Waals surface area contributed by atoms with Crippen LogP contribution in [0.5, 0.6) is 0 Å². The topological polar surface area (TPSA) is 57.6 Å². The number of amides is 1. The minimum absolute atomic E-state index is 0.0587. The Kier molecular flexibility index (Phi) is 5.17. The normalized spacial score (nSPS) is 16.8. The van der Waals surface area contributed by atoms with Gasteiger partial charge >= 0.3 is 5.97 Å². The van der Waals surface area contributed by atoms with Gasteiger partial charge in [0, 0.05) is 29.4 Å². The van der Waals surface area contributed by atoms with E-state index in [0.29, 0.717) is 17.4 Å². The van der Waals surface area contributed by atoms with Gasteiger partial charge in [-0.05, 0) is 36.8 Å². The first kappa shape index (κ1) is 15.8. The Bertz CT molecular complexity index is 539. The molecule has 0 aromatic carbocycles. The summed E-state index contributed by atoms with van der Waals surface area (Å²) >= 11 is 1.39. The Morgan fingerprint density at radius 3 is 2.62 bits per heavy atom. The van der Waals surface area contributed by atoms with Crippen LogP contribution < -0.4 is 0 Å². The minimum Gasteiger partial charge on any atom is -0.478 e. The van der Waals surface area contributed by atoms with E-state index in [-0.39, 0.29) is 5.91 Å². The fourth-order valence-electron chi connectivity index (χ4n) is 2.66. The molecule has 21 heavy (non-hydrogen) atoms. The number of nitrogens with zero attached hydrogens (tertiary/aromatic N) is 1. The number of carbonyl (C=O) groups is 2. The molecule has 1 aromatic rings. The zero-order chi connectivity index (χ0) is 15.4. The standard InChI is InChI=1S/C16H21NO3S/c1-11(2)12-5-7-17(8-6-12)16(20)13-9-14(21-10-13)3-4-15(18)19/h3-4,9-12H,5-8H2,1-2H3,(H,18,19)/b4-3+. The van der Waals surface area contributed by atoms with Gasteiger partial charge in [0.2, 0.25) is 0 Å². The molecule has 2 heterocycles. The molecular weight excluding hydrogens is 286 g/mol. The van der Waals surface area contributed by atoms with E-state index in [1.807, 2.05) is 4.90 Å². The van der Waals surface area contributed by atoms with Crippen LogP contribution >= 0.6 is 11.3 Å². The number of piperidine rings is 1. The van der Waals surface area contributed by atoms with Crippen molar-refractivity contribution in [3.05, 3.63) is 28.0 Å². The van der Waals surface area contributed by atoms with Crippen molar-refractivity contribution in [2.24, 2.45) is 11.8 Å². The highest BCUT2D eigenvalue weighted by Crippen LogP contribution is 2.26. The van der Waals surface area contributed by atoms with Gasteiger partial charge in [0.1, 0.15) is 0 Å². The Labute approximate surface area is 129 Å². The largest absolute Gasteiger partial charge is 0.478 e. The van der Waals surface area contributed by atoms with Crippen molar-refractivity contribution >= 4 is 29.3 Å². The number of aliphatic carboxylic acids is 1. The maximum absolute atomic E-state index is 12.4. The van der Waals surface area contributed by atoms with Crippen LogP contribution in [-0.4, -0.2) is 35.0 Å². The number of carboxylic acids is 1. The van der Waals surface area contributed by atoms with Crippen molar-refractivity contribution in [2.45, 2.75) is 26.7 Å². The van der Waals surface area contributed by atoms with Crippen LogP contribution in [0.3, 0.4) is 0 Å². The Hall–Kier alpha value is -1.62. The average Bonchev–Trinajstić information content (AvgIpc) is 2.93. The molecule has 1 amide bonds. The Balaban J connectivity index is 1.96. The van der Waals surface area contributed by atoms with Crippen molar-refractivity contribution in [3.63, 3.8) is 0 Å². The molecule has 0 aliphatic carbocycles. The molecule has 1 saturated heterocycles. The number of rotatable bonds is 4. The molecule has 1 aliphatic rings. The molecule has 2 rings (SSSR count). The summed E-state index contributed by atoms with van der Waals surface area (Å²) in [5.74, 6) is 0.470. The lowest BCUT2D eigenvalue weighted by Gasteiger charge is -2.33. The van der Waals surface area contributed by atoms with Crippen LogP contribution in [0.2, 0.25) is 0 Å². The summed E-state index contributed by atoms with van der Waals surface area (Å²) < 4.78 is 0. The Morgan fingerprint density at radius 2 is 2.05 bits per heavy atom. The van der Waals surface area contributed by atoms with Crippen LogP contribution in [0.15, 0.2) is 17.5 Å². The molecule has 0 atom stereocenters. The van der Waals surface area contributed by atoms with Crippen molar-refractivity contribution in [1.82, 2.24) is 4.90 Å². The van der Waals surface area contributed by atoms with E-state index in [9.17, 15) is 9.59 Å². The predicted molar refractivity (Wildman–Crippen MR) is 84.5 cm³/mol. The van der Waals surface area contributed by atoms with E-state index in [1.165, 1.54) is 17.4 Å². The fraction of sp³-hybridized carbons (Fsp3) is 0.500. The zero-order valence-corrected chi connectivity index (χ0v) is 13.2. The van der Waals surface area contributed by atoms with Gasteiger partial charge < -0.3 is 10.0 Å². The van der Waals surface area contributed by atoms with Gasteiger partial charge in [-0.3, -0.25) is 4.79 Å². The Morgan fingerprint density at radius 1 is 1.38 bits per heavy atom. The molecule has 114 valence electrons. The number of carbonyl (C=O) groups excluding carboxylic acids is 1. The summed E-state index contributed by atoms with van der Waals surface area (Å²) in [5, 5.41) is 10.4. The third kappa shape index (κ3) is 4.17. The molecule has 1 fully saturated rings. The molecule has 4 nitrogen and oxygen atoms in total. The lowest BCUT2D eigenvalue weighted by atomic mass is 9.86. The highest BCUT2D eigenvalue weighted by atomic mass is 32.1. The van der Waals surface area contributed by atoms with Crippen molar-refractivity contribution in [1.29, 1.82) is 0 Å². The quantitative estimate of drug-likeness (QED) is 0.868. The number of hydrogen-bond donors (Lipinski definition) is 1. The summed E-state index contributed by atoms with van der Waals surface area (Å²) in [6, 6.07) is 1.76. The van der Waals surface area contributed by atoms with Crippen LogP contribution in [0.1, 0.15) is 41.9 Å². The lowest BCUT2D eigenvalue weighted by Crippen LogP contribution is -2.39. The number of carboxylic acid groups (broad SMARTS) is 1. The first-order chi connectivity index (χ1) is 9.97. The minimum atomic E-state index is -0.980. The fourth-order valence-corrected chi connectivity index (χ4v) is 3.43. The van der Waals surface area contributed by atoms with E-state index < -0.39 is 5.97 Å². The maximum atomic E-state index is 12.4. The van der Waals surface area contributed by atoms with Gasteiger partial charge in [-0.25, -0.2) is 4.79 Å². The third-order valence-electron chi connectivity index (χ3n) is 4.03. The number of hydrogen-bond acceptors (Lipinski definition) is 3. The first-order valence-corrected chi connectivity index (χ1v) is 8.14. The molecule has 0 bridgehead atoms. The summed E-state index contributed by atoms with van der Waals surface area (Å²) in [4.78, 5) is 25.6. The smallest absolute Gasteiger partial charge is 0.328 e. The summed E-state index contributed by atoms with van der Waals surface area (Å²) in [6.07, 6.45) is 4.75. The lowest BCUT2D eigenvalue weighted by molar-refractivity contribution is -0.131. The summed E-state index contributed by atoms with van der Waals surface area (Å²) in [7, 11) is 0. The second-order valence-electron chi connectivity index (χ2n) is 5.78. The molecule has 1 aliphatic heterocycles. The third-order valence-corrected chi connectivity index (χ3v) is 4.92. The summed E-state index contributed by atoms with van der Waals surface area (Å²) in [6.45, 7) is 6.11. The number of thiophene rings is 1. The molecule has 0 unspecified atom stereocenters. The molecule has 1 aromatic heterocycles. The predicted octanol–water partition coefficient (Wildman–Crippen LogP) is 3.35. The van der Waals surface area contributed by atoms with Gasteiger partial charge in [0.25, 0.3) is 5.91 Å². The molecule has 1 N–H and O–H groups in total. The zero-order valence-electron chi connectivity index (χ0n) is 12.4. The van der Waals surface area contributed by atoms with Crippen molar-refractivity contribution in [2.75, 3.05) is 13.1 Å². The van der Waals surface area contributed by atoms with Gasteiger partial charge in [0.05, 0.1) is 5.56 Å². The van der Waals surface area contributed by atoms with E-state index in [1.54, 1.807) is 11.4 Å². The van der Waals surface area contributed by atoms with Gasteiger partial charge in [0.15, 0.2) is 0 Å². The molecule has 0 radical (unpaired) electrons. The average molecular weight is 307 g/mol. The SMILES string of the molecule is CC(C)C1CCN(C(=O)c2csc(/C=C/C(=O)O)c2)CC1. The van der Waals surface area contributed by atoms with Gasteiger partial charge in [-0.1, -0.05) is 13.8 Å².